The smallest absolute Gasteiger partial charge is 0.241 e. The third kappa shape index (κ3) is 5.53. The minimum atomic E-state index is -0.214. The average Bonchev–Trinajstić information content (AvgIpc) is 3.18. The molecule has 2 aliphatic heterocycles. The van der Waals surface area contributed by atoms with Crippen molar-refractivity contribution in [2.45, 2.75) is 44.8 Å². The fourth-order valence-corrected chi connectivity index (χ4v) is 3.87. The van der Waals surface area contributed by atoms with Gasteiger partial charge in [0, 0.05) is 42.7 Å². The van der Waals surface area contributed by atoms with Crippen LogP contribution in [0.25, 0.3) is 0 Å². The lowest BCUT2D eigenvalue weighted by molar-refractivity contribution is -0.135. The summed E-state index contributed by atoms with van der Waals surface area (Å²) < 4.78 is 1.05. The van der Waals surface area contributed by atoms with Gasteiger partial charge in [-0.25, -0.2) is 10.9 Å². The van der Waals surface area contributed by atoms with Gasteiger partial charge >= 0.3 is 0 Å². The summed E-state index contributed by atoms with van der Waals surface area (Å²) in [5.41, 5.74) is 7.57. The molecule has 0 aliphatic carbocycles. The number of nitrogens with one attached hydrogen (secondary N) is 3. The van der Waals surface area contributed by atoms with Crippen molar-refractivity contribution in [3.05, 3.63) is 34.3 Å². The third-order valence-electron chi connectivity index (χ3n) is 5.54. The number of piperazine rings is 1. The van der Waals surface area contributed by atoms with E-state index < -0.39 is 0 Å². The van der Waals surface area contributed by atoms with Crippen LogP contribution in [0.2, 0.25) is 0 Å². The fraction of sp³-hybridized carbons (Fsp3) is 0.600. The van der Waals surface area contributed by atoms with Crippen LogP contribution in [0.4, 0.5) is 0 Å². The van der Waals surface area contributed by atoms with Crippen LogP contribution in [0, 0.1) is 0 Å². The molecule has 1 aromatic rings. The van der Waals surface area contributed by atoms with E-state index >= 15 is 0 Å². The lowest BCUT2D eigenvalue weighted by atomic mass is 10.0. The number of hydrogen-bond donors (Lipinski definition) is 3. The highest BCUT2D eigenvalue weighted by atomic mass is 79.9. The van der Waals surface area contributed by atoms with E-state index in [-0.39, 0.29) is 29.9 Å². The largest absolute Gasteiger partial charge is 0.353 e. The Hall–Kier alpha value is -1.48. The van der Waals surface area contributed by atoms with Crippen LogP contribution in [0.1, 0.15) is 38.3 Å². The quantitative estimate of drug-likeness (QED) is 0.609. The first kappa shape index (κ1) is 21.2. The SMILES string of the molecule is CCC(C)NC(=O)CN1CCN(C(=O)C2CC(c3ccc(Br)cc3)NN2)CC1. The number of carbonyl (C=O) groups excluding carboxylic acids is 2. The summed E-state index contributed by atoms with van der Waals surface area (Å²) in [7, 11) is 0. The van der Waals surface area contributed by atoms with Crippen LogP contribution >= 0.6 is 15.9 Å². The molecule has 0 spiro atoms. The summed E-state index contributed by atoms with van der Waals surface area (Å²) in [4.78, 5) is 28.9. The van der Waals surface area contributed by atoms with Gasteiger partial charge in [-0.3, -0.25) is 14.5 Å². The van der Waals surface area contributed by atoms with Crippen LogP contribution in [0.15, 0.2) is 28.7 Å². The average molecular weight is 452 g/mol. The third-order valence-corrected chi connectivity index (χ3v) is 6.07. The predicted molar refractivity (Wildman–Crippen MR) is 112 cm³/mol. The summed E-state index contributed by atoms with van der Waals surface area (Å²) in [5, 5.41) is 3.00. The van der Waals surface area contributed by atoms with Crippen LogP contribution < -0.4 is 16.2 Å². The van der Waals surface area contributed by atoms with Crippen LogP contribution in [-0.2, 0) is 9.59 Å². The Kier molecular flexibility index (Phi) is 7.45. The molecule has 0 aromatic heterocycles. The molecule has 8 heteroatoms. The number of hydrazine groups is 1. The number of benzene rings is 1. The van der Waals surface area contributed by atoms with E-state index in [0.29, 0.717) is 19.6 Å². The zero-order valence-electron chi connectivity index (χ0n) is 16.6. The van der Waals surface area contributed by atoms with Crippen molar-refractivity contribution >= 4 is 27.7 Å². The first-order valence-corrected chi connectivity index (χ1v) is 10.8. The highest BCUT2D eigenvalue weighted by Crippen LogP contribution is 2.24. The topological polar surface area (TPSA) is 76.7 Å². The van der Waals surface area contributed by atoms with E-state index in [1.165, 1.54) is 5.56 Å². The van der Waals surface area contributed by atoms with Gasteiger partial charge in [-0.1, -0.05) is 35.0 Å². The lowest BCUT2D eigenvalue weighted by Crippen LogP contribution is -2.55. The monoisotopic (exact) mass is 451 g/mol. The second kappa shape index (κ2) is 9.82. The predicted octanol–water partition coefficient (Wildman–Crippen LogP) is 1.42. The first-order chi connectivity index (χ1) is 13.5. The molecule has 2 fully saturated rings. The molecule has 3 N–H and O–H groups in total. The molecular formula is C20H30BrN5O2. The number of rotatable bonds is 6. The number of hydrogen-bond acceptors (Lipinski definition) is 5. The minimum Gasteiger partial charge on any atom is -0.353 e. The van der Waals surface area contributed by atoms with Crippen LogP contribution in [0.3, 0.4) is 0 Å². The zero-order chi connectivity index (χ0) is 20.1. The number of halogens is 1. The van der Waals surface area contributed by atoms with Gasteiger partial charge in [0.1, 0.15) is 6.04 Å². The van der Waals surface area contributed by atoms with E-state index in [1.807, 2.05) is 24.0 Å². The summed E-state index contributed by atoms with van der Waals surface area (Å²) in [6.07, 6.45) is 1.66. The van der Waals surface area contributed by atoms with Gasteiger partial charge in [-0.15, -0.1) is 0 Å². The number of nitrogens with zero attached hydrogens (tertiary/aromatic N) is 2. The Morgan fingerprint density at radius 1 is 1.18 bits per heavy atom. The van der Waals surface area contributed by atoms with E-state index in [9.17, 15) is 9.59 Å². The molecule has 0 radical (unpaired) electrons. The normalized spacial score (nSPS) is 24.2. The summed E-state index contributed by atoms with van der Waals surface area (Å²) in [6.45, 7) is 7.27. The van der Waals surface area contributed by atoms with Crippen molar-refractivity contribution in [3.8, 4) is 0 Å². The maximum absolute atomic E-state index is 12.9. The van der Waals surface area contributed by atoms with Gasteiger partial charge in [0.05, 0.1) is 6.54 Å². The maximum Gasteiger partial charge on any atom is 0.241 e. The number of carbonyl (C=O) groups is 2. The van der Waals surface area contributed by atoms with Gasteiger partial charge < -0.3 is 10.2 Å². The van der Waals surface area contributed by atoms with Crippen LogP contribution in [0.5, 0.6) is 0 Å². The minimum absolute atomic E-state index is 0.0631. The summed E-state index contributed by atoms with van der Waals surface area (Å²) in [6, 6.07) is 8.29. The zero-order valence-corrected chi connectivity index (χ0v) is 18.2. The molecule has 3 unspecified atom stereocenters. The van der Waals surface area contributed by atoms with Crippen LogP contribution in [-0.4, -0.2) is 66.4 Å². The van der Waals surface area contributed by atoms with Crippen molar-refractivity contribution in [2.24, 2.45) is 0 Å². The molecule has 2 saturated heterocycles. The Balaban J connectivity index is 1.44. The van der Waals surface area contributed by atoms with Crippen molar-refractivity contribution in [2.75, 3.05) is 32.7 Å². The molecule has 2 aliphatic rings. The first-order valence-electron chi connectivity index (χ1n) is 10.0. The molecule has 28 heavy (non-hydrogen) atoms. The Morgan fingerprint density at radius 3 is 2.50 bits per heavy atom. The molecule has 154 valence electrons. The van der Waals surface area contributed by atoms with E-state index in [2.05, 4.69) is 56.1 Å². The van der Waals surface area contributed by atoms with Gasteiger partial charge in [-0.2, -0.15) is 0 Å². The molecule has 2 amide bonds. The molecule has 2 heterocycles. The van der Waals surface area contributed by atoms with E-state index in [0.717, 1.165) is 30.4 Å². The van der Waals surface area contributed by atoms with Gasteiger partial charge in [0.15, 0.2) is 0 Å². The second-order valence-corrected chi connectivity index (χ2v) is 8.58. The van der Waals surface area contributed by atoms with Gasteiger partial charge in [0.2, 0.25) is 11.8 Å². The fourth-order valence-electron chi connectivity index (χ4n) is 3.60. The van der Waals surface area contributed by atoms with Crippen molar-refractivity contribution in [1.29, 1.82) is 0 Å². The molecule has 1 aromatic carbocycles. The summed E-state index contributed by atoms with van der Waals surface area (Å²) in [5.74, 6) is 0.198. The highest BCUT2D eigenvalue weighted by Gasteiger charge is 2.34. The molecule has 0 bridgehead atoms. The Labute approximate surface area is 175 Å². The van der Waals surface area contributed by atoms with Crippen molar-refractivity contribution in [3.63, 3.8) is 0 Å². The van der Waals surface area contributed by atoms with Gasteiger partial charge in [0.25, 0.3) is 0 Å². The lowest BCUT2D eigenvalue weighted by Gasteiger charge is -2.35. The molecule has 3 atom stereocenters. The molecule has 3 rings (SSSR count). The van der Waals surface area contributed by atoms with Gasteiger partial charge in [-0.05, 0) is 37.5 Å². The van der Waals surface area contributed by atoms with E-state index in [4.69, 9.17) is 0 Å². The maximum atomic E-state index is 12.9. The standard InChI is InChI=1S/C20H30BrN5O2/c1-3-14(2)22-19(27)13-25-8-10-26(11-9-25)20(28)18-12-17(23-24-18)15-4-6-16(21)7-5-15/h4-7,14,17-18,23-24H,3,8-13H2,1-2H3,(H,22,27). The molecule has 0 saturated carbocycles. The molecule has 7 nitrogen and oxygen atoms in total. The second-order valence-electron chi connectivity index (χ2n) is 7.66. The van der Waals surface area contributed by atoms with Crippen molar-refractivity contribution < 1.29 is 9.59 Å². The highest BCUT2D eigenvalue weighted by molar-refractivity contribution is 9.10. The van der Waals surface area contributed by atoms with E-state index in [1.54, 1.807) is 0 Å². The number of amides is 2. The Bertz CT molecular complexity index is 676. The van der Waals surface area contributed by atoms with Crippen molar-refractivity contribution in [1.82, 2.24) is 26.0 Å². The molecular weight excluding hydrogens is 422 g/mol. The Morgan fingerprint density at radius 2 is 1.86 bits per heavy atom. The summed E-state index contributed by atoms with van der Waals surface area (Å²) >= 11 is 3.45.